The van der Waals surface area contributed by atoms with E-state index in [1.54, 1.807) is 0 Å². The van der Waals surface area contributed by atoms with Gasteiger partial charge >= 0.3 is 0 Å². The minimum Gasteiger partial charge on any atom is -0.310 e. The Hall–Kier alpha value is -4.66. The van der Waals surface area contributed by atoms with E-state index in [9.17, 15) is 0 Å². The molecule has 1 heterocycles. The normalized spacial score (nSPS) is 11.2. The molecule has 0 aliphatic rings. The van der Waals surface area contributed by atoms with Gasteiger partial charge in [0.1, 0.15) is 0 Å². The molecule has 7 rings (SSSR count). The van der Waals surface area contributed by atoms with Crippen LogP contribution < -0.4 is 4.90 Å². The number of hydrogen-bond acceptors (Lipinski definition) is 2. The van der Waals surface area contributed by atoms with Crippen LogP contribution in [0.25, 0.3) is 42.4 Å². The highest BCUT2D eigenvalue weighted by Crippen LogP contribution is 2.40. The van der Waals surface area contributed by atoms with Gasteiger partial charge in [0.2, 0.25) is 0 Å². The molecule has 0 amide bonds. The van der Waals surface area contributed by atoms with E-state index in [1.165, 1.54) is 53.6 Å². The second kappa shape index (κ2) is 10.1. The summed E-state index contributed by atoms with van der Waals surface area (Å²) in [4.78, 5) is 2.35. The molecule has 0 N–H and O–H groups in total. The molecular formula is C38H29NS. The van der Waals surface area contributed by atoms with Gasteiger partial charge in [0.05, 0.1) is 0 Å². The monoisotopic (exact) mass is 531 g/mol. The molecule has 0 aliphatic carbocycles. The number of para-hydroxylation sites is 1. The van der Waals surface area contributed by atoms with Gasteiger partial charge < -0.3 is 4.90 Å². The summed E-state index contributed by atoms with van der Waals surface area (Å²) in [6.45, 7) is 4.33. The molecule has 1 nitrogen and oxygen atoms in total. The standard InChI is InChI=1S/C38H29NS/c1-26-12-15-28(16-13-26)29-17-21-32(22-18-29)39(31-8-4-3-5-9-31)33-20-14-27(2)36(25-33)30-19-23-35-34-10-6-7-11-37(34)40-38(35)24-30/h3-25H,1-2H3. The number of rotatable bonds is 5. The molecule has 0 spiro atoms. The van der Waals surface area contributed by atoms with Crippen molar-refractivity contribution in [2.24, 2.45) is 0 Å². The molecular weight excluding hydrogens is 502 g/mol. The summed E-state index contributed by atoms with van der Waals surface area (Å²) in [6, 6.07) is 50.7. The first-order valence-corrected chi connectivity index (χ1v) is 14.5. The van der Waals surface area contributed by atoms with Gasteiger partial charge in [-0.1, -0.05) is 96.6 Å². The Balaban J connectivity index is 1.32. The van der Waals surface area contributed by atoms with Crippen molar-refractivity contribution in [3.63, 3.8) is 0 Å². The molecule has 0 radical (unpaired) electrons. The third-order valence-corrected chi connectivity index (χ3v) is 8.83. The smallest absolute Gasteiger partial charge is 0.0467 e. The lowest BCUT2D eigenvalue weighted by molar-refractivity contribution is 1.28. The van der Waals surface area contributed by atoms with E-state index in [0.717, 1.165) is 17.1 Å². The van der Waals surface area contributed by atoms with E-state index in [0.29, 0.717) is 0 Å². The predicted octanol–water partition coefficient (Wildman–Crippen LogP) is 11.5. The van der Waals surface area contributed by atoms with Gasteiger partial charge in [0.25, 0.3) is 0 Å². The highest BCUT2D eigenvalue weighted by atomic mass is 32.1. The quantitative estimate of drug-likeness (QED) is 0.213. The molecule has 40 heavy (non-hydrogen) atoms. The van der Waals surface area contributed by atoms with Gasteiger partial charge in [-0.3, -0.25) is 0 Å². The van der Waals surface area contributed by atoms with Crippen molar-refractivity contribution >= 4 is 48.6 Å². The SMILES string of the molecule is Cc1ccc(-c2ccc(N(c3ccccc3)c3ccc(C)c(-c4ccc5c(c4)sc4ccccc45)c3)cc2)cc1. The van der Waals surface area contributed by atoms with Crippen LogP contribution >= 0.6 is 11.3 Å². The number of anilines is 3. The summed E-state index contributed by atoms with van der Waals surface area (Å²) in [5.74, 6) is 0. The Kier molecular flexibility index (Phi) is 6.18. The Morgan fingerprint density at radius 2 is 1.05 bits per heavy atom. The number of aryl methyl sites for hydroxylation is 2. The molecule has 7 aromatic rings. The van der Waals surface area contributed by atoms with Crippen LogP contribution in [0.1, 0.15) is 11.1 Å². The van der Waals surface area contributed by atoms with Crippen LogP contribution in [0.5, 0.6) is 0 Å². The van der Waals surface area contributed by atoms with Crippen LogP contribution in [0.2, 0.25) is 0 Å². The van der Waals surface area contributed by atoms with Crippen molar-refractivity contribution in [3.05, 3.63) is 151 Å². The van der Waals surface area contributed by atoms with E-state index in [4.69, 9.17) is 0 Å². The van der Waals surface area contributed by atoms with E-state index >= 15 is 0 Å². The van der Waals surface area contributed by atoms with Gasteiger partial charge in [-0.05, 0) is 90.2 Å². The minimum absolute atomic E-state index is 1.14. The molecule has 0 saturated carbocycles. The molecule has 0 atom stereocenters. The van der Waals surface area contributed by atoms with Gasteiger partial charge in [0.15, 0.2) is 0 Å². The van der Waals surface area contributed by atoms with Crippen LogP contribution in [-0.4, -0.2) is 0 Å². The second-order valence-corrected chi connectivity index (χ2v) is 11.5. The Labute approximate surface area is 239 Å². The number of fused-ring (bicyclic) bond motifs is 3. The average Bonchev–Trinajstić information content (AvgIpc) is 3.37. The minimum atomic E-state index is 1.14. The molecule has 6 aromatic carbocycles. The lowest BCUT2D eigenvalue weighted by Crippen LogP contribution is -2.10. The first-order valence-electron chi connectivity index (χ1n) is 13.7. The van der Waals surface area contributed by atoms with E-state index in [-0.39, 0.29) is 0 Å². The molecule has 2 heteroatoms. The summed E-state index contributed by atoms with van der Waals surface area (Å²) in [5, 5.41) is 2.67. The zero-order valence-electron chi connectivity index (χ0n) is 22.6. The summed E-state index contributed by atoms with van der Waals surface area (Å²) < 4.78 is 2.67. The molecule has 0 unspecified atom stereocenters. The number of benzene rings is 6. The first kappa shape index (κ1) is 24.4. The highest BCUT2D eigenvalue weighted by molar-refractivity contribution is 7.25. The number of hydrogen-bond donors (Lipinski definition) is 0. The van der Waals surface area contributed by atoms with Crippen LogP contribution in [0, 0.1) is 13.8 Å². The zero-order chi connectivity index (χ0) is 27.1. The lowest BCUT2D eigenvalue weighted by Gasteiger charge is -2.26. The van der Waals surface area contributed by atoms with Gasteiger partial charge in [-0.15, -0.1) is 11.3 Å². The number of thiophene rings is 1. The fraction of sp³-hybridized carbons (Fsp3) is 0.0526. The van der Waals surface area contributed by atoms with Crippen LogP contribution in [0.3, 0.4) is 0 Å². The second-order valence-electron chi connectivity index (χ2n) is 10.4. The lowest BCUT2D eigenvalue weighted by atomic mass is 9.98. The van der Waals surface area contributed by atoms with Gasteiger partial charge in [0, 0.05) is 37.2 Å². The third-order valence-electron chi connectivity index (χ3n) is 7.69. The van der Waals surface area contributed by atoms with E-state index in [2.05, 4.69) is 158 Å². The van der Waals surface area contributed by atoms with Crippen molar-refractivity contribution < 1.29 is 0 Å². The third kappa shape index (κ3) is 4.47. The average molecular weight is 532 g/mol. The maximum atomic E-state index is 2.36. The van der Waals surface area contributed by atoms with Crippen LogP contribution in [0.15, 0.2) is 140 Å². The molecule has 0 fully saturated rings. The summed E-state index contributed by atoms with van der Waals surface area (Å²) >= 11 is 1.87. The largest absolute Gasteiger partial charge is 0.310 e. The van der Waals surface area contributed by atoms with Crippen molar-refractivity contribution in [1.29, 1.82) is 0 Å². The molecule has 1 aromatic heterocycles. The molecule has 0 bridgehead atoms. The Bertz CT molecular complexity index is 1950. The maximum Gasteiger partial charge on any atom is 0.0467 e. The van der Waals surface area contributed by atoms with Crippen molar-refractivity contribution in [2.75, 3.05) is 4.90 Å². The Morgan fingerprint density at radius 1 is 0.450 bits per heavy atom. The summed E-state index contributed by atoms with van der Waals surface area (Å²) in [7, 11) is 0. The van der Waals surface area contributed by atoms with E-state index in [1.807, 2.05) is 11.3 Å². The van der Waals surface area contributed by atoms with Crippen LogP contribution in [0.4, 0.5) is 17.1 Å². The maximum absolute atomic E-state index is 2.36. The van der Waals surface area contributed by atoms with Gasteiger partial charge in [-0.2, -0.15) is 0 Å². The summed E-state index contributed by atoms with van der Waals surface area (Å²) in [6.07, 6.45) is 0. The zero-order valence-corrected chi connectivity index (χ0v) is 23.5. The van der Waals surface area contributed by atoms with Crippen molar-refractivity contribution in [2.45, 2.75) is 13.8 Å². The van der Waals surface area contributed by atoms with Gasteiger partial charge in [-0.25, -0.2) is 0 Å². The van der Waals surface area contributed by atoms with Crippen molar-refractivity contribution in [3.8, 4) is 22.3 Å². The Morgan fingerprint density at radius 3 is 1.82 bits per heavy atom. The predicted molar refractivity (Wildman–Crippen MR) is 174 cm³/mol. The number of nitrogens with zero attached hydrogens (tertiary/aromatic N) is 1. The molecule has 192 valence electrons. The summed E-state index contributed by atoms with van der Waals surface area (Å²) in [5.41, 5.74) is 10.9. The highest BCUT2D eigenvalue weighted by Gasteiger charge is 2.15. The van der Waals surface area contributed by atoms with Crippen LogP contribution in [-0.2, 0) is 0 Å². The topological polar surface area (TPSA) is 3.24 Å². The fourth-order valence-corrected chi connectivity index (χ4v) is 6.67. The molecule has 0 saturated heterocycles. The first-order chi connectivity index (χ1) is 19.6. The fourth-order valence-electron chi connectivity index (χ4n) is 5.53. The van der Waals surface area contributed by atoms with Crippen molar-refractivity contribution in [1.82, 2.24) is 0 Å². The molecule has 0 aliphatic heterocycles. The van der Waals surface area contributed by atoms with E-state index < -0.39 is 0 Å².